The zero-order chi connectivity index (χ0) is 16.9. The van der Waals surface area contributed by atoms with Crippen molar-refractivity contribution in [1.82, 2.24) is 0 Å². The number of hydrogen-bond donors (Lipinski definition) is 3. The number of nitro groups is 1. The molecule has 1 aromatic carbocycles. The van der Waals surface area contributed by atoms with E-state index in [9.17, 15) is 24.5 Å². The van der Waals surface area contributed by atoms with Gasteiger partial charge in [-0.3, -0.25) is 24.5 Å². The highest BCUT2D eigenvalue weighted by atomic mass is 16.6. The number of carbonyl (C=O) groups is 3. The van der Waals surface area contributed by atoms with Crippen molar-refractivity contribution in [2.24, 2.45) is 5.41 Å². The van der Waals surface area contributed by atoms with Crippen LogP contribution in [0.5, 0.6) is 0 Å². The van der Waals surface area contributed by atoms with E-state index in [0.29, 0.717) is 5.56 Å². The van der Waals surface area contributed by atoms with Crippen molar-refractivity contribution >= 4 is 29.7 Å². The molecule has 0 saturated heterocycles. The number of carboxylic acids is 3. The minimum Gasteiger partial charge on any atom is -0.480 e. The summed E-state index contributed by atoms with van der Waals surface area (Å²) in [6, 6.07) is 5.13. The first-order chi connectivity index (χ1) is 10.2. The van der Waals surface area contributed by atoms with Crippen LogP contribution in [0.1, 0.15) is 12.0 Å². The van der Waals surface area contributed by atoms with Crippen molar-refractivity contribution < 1.29 is 34.6 Å². The number of benzene rings is 1. The summed E-state index contributed by atoms with van der Waals surface area (Å²) in [5.41, 5.74) is -2.69. The van der Waals surface area contributed by atoms with Gasteiger partial charge in [0, 0.05) is 18.6 Å². The molecule has 0 aliphatic heterocycles. The van der Waals surface area contributed by atoms with Crippen LogP contribution in [-0.2, 0) is 14.4 Å². The Hall–Kier alpha value is -3.23. The average molecular weight is 309 g/mol. The molecule has 116 valence electrons. The summed E-state index contributed by atoms with van der Waals surface area (Å²) >= 11 is 0. The van der Waals surface area contributed by atoms with Crippen LogP contribution in [0, 0.1) is 15.5 Å². The second kappa shape index (κ2) is 6.48. The SMILES string of the molecule is O=C(O)C(CC=Cc1ccc([N+](=O)[O-])cc1)(C(=O)O)C(=O)O. The molecule has 0 atom stereocenters. The smallest absolute Gasteiger partial charge is 0.333 e. The molecule has 3 N–H and O–H groups in total. The molecule has 0 saturated carbocycles. The van der Waals surface area contributed by atoms with E-state index in [2.05, 4.69) is 0 Å². The van der Waals surface area contributed by atoms with E-state index >= 15 is 0 Å². The molecule has 9 heteroatoms. The van der Waals surface area contributed by atoms with Crippen LogP contribution in [0.3, 0.4) is 0 Å². The maximum absolute atomic E-state index is 11.0. The molecule has 0 aliphatic carbocycles. The standard InChI is InChI=1S/C13H11NO8/c15-10(16)13(11(17)18,12(19)20)7-1-2-8-3-5-9(6-4-8)14(21)22/h1-6H,7H2,(H,15,16)(H,17,18)(H,19,20). The molecular formula is C13H11NO8. The number of rotatable bonds is 7. The Labute approximate surface area is 123 Å². The van der Waals surface area contributed by atoms with Gasteiger partial charge < -0.3 is 15.3 Å². The number of hydrogen-bond acceptors (Lipinski definition) is 5. The van der Waals surface area contributed by atoms with Crippen LogP contribution in [0.2, 0.25) is 0 Å². The fourth-order valence-corrected chi connectivity index (χ4v) is 1.62. The molecule has 0 unspecified atom stereocenters. The lowest BCUT2D eigenvalue weighted by Crippen LogP contribution is -2.46. The summed E-state index contributed by atoms with van der Waals surface area (Å²) in [4.78, 5) is 42.9. The molecule has 0 heterocycles. The number of nitrogens with zero attached hydrogens (tertiary/aromatic N) is 1. The summed E-state index contributed by atoms with van der Waals surface area (Å²) in [6.07, 6.45) is 1.59. The fourth-order valence-electron chi connectivity index (χ4n) is 1.62. The van der Waals surface area contributed by atoms with Crippen LogP contribution >= 0.6 is 0 Å². The molecule has 0 aromatic heterocycles. The second-order valence-electron chi connectivity index (χ2n) is 4.28. The first-order valence-corrected chi connectivity index (χ1v) is 5.83. The van der Waals surface area contributed by atoms with E-state index in [1.807, 2.05) is 0 Å². The monoisotopic (exact) mass is 309 g/mol. The minimum atomic E-state index is -2.97. The third-order valence-corrected chi connectivity index (χ3v) is 2.93. The predicted molar refractivity (Wildman–Crippen MR) is 72.1 cm³/mol. The molecule has 0 fully saturated rings. The van der Waals surface area contributed by atoms with Gasteiger partial charge in [-0.1, -0.05) is 12.2 Å². The zero-order valence-electron chi connectivity index (χ0n) is 11.0. The normalized spacial score (nSPS) is 11.3. The molecule has 0 aliphatic rings. The summed E-state index contributed by atoms with van der Waals surface area (Å²) < 4.78 is 0. The van der Waals surface area contributed by atoms with Gasteiger partial charge in [0.15, 0.2) is 0 Å². The first kappa shape index (κ1) is 16.8. The molecular weight excluding hydrogens is 298 g/mol. The molecule has 1 aromatic rings. The third-order valence-electron chi connectivity index (χ3n) is 2.93. The van der Waals surface area contributed by atoms with Crippen molar-refractivity contribution in [3.63, 3.8) is 0 Å². The van der Waals surface area contributed by atoms with Gasteiger partial charge in [-0.15, -0.1) is 0 Å². The van der Waals surface area contributed by atoms with Crippen LogP contribution in [-0.4, -0.2) is 38.2 Å². The highest BCUT2D eigenvalue weighted by Crippen LogP contribution is 2.25. The number of allylic oxidation sites excluding steroid dienone is 1. The summed E-state index contributed by atoms with van der Waals surface area (Å²) in [5.74, 6) is -5.96. The van der Waals surface area contributed by atoms with E-state index < -0.39 is 34.7 Å². The zero-order valence-corrected chi connectivity index (χ0v) is 11.0. The Bertz CT molecular complexity index is 610. The molecule has 22 heavy (non-hydrogen) atoms. The van der Waals surface area contributed by atoms with Crippen LogP contribution < -0.4 is 0 Å². The summed E-state index contributed by atoms with van der Waals surface area (Å²) in [5, 5.41) is 37.1. The summed E-state index contributed by atoms with van der Waals surface area (Å²) in [6.45, 7) is 0. The van der Waals surface area contributed by atoms with Gasteiger partial charge in [0.25, 0.3) is 11.1 Å². The predicted octanol–water partition coefficient (Wildman–Crippen LogP) is 1.24. The molecule has 0 amide bonds. The maximum Gasteiger partial charge on any atom is 0.333 e. The Kier molecular flexibility index (Phi) is 4.96. The van der Waals surface area contributed by atoms with Gasteiger partial charge in [-0.05, 0) is 17.7 Å². The number of carboxylic acid groups (broad SMARTS) is 3. The van der Waals surface area contributed by atoms with Gasteiger partial charge in [0.2, 0.25) is 0 Å². The van der Waals surface area contributed by atoms with Crippen molar-refractivity contribution in [1.29, 1.82) is 0 Å². The van der Waals surface area contributed by atoms with Gasteiger partial charge in [0.05, 0.1) is 4.92 Å². The lowest BCUT2D eigenvalue weighted by atomic mass is 9.84. The quantitative estimate of drug-likeness (QED) is 0.386. The summed E-state index contributed by atoms with van der Waals surface area (Å²) in [7, 11) is 0. The minimum absolute atomic E-state index is 0.145. The van der Waals surface area contributed by atoms with Gasteiger partial charge in [0.1, 0.15) is 0 Å². The fraction of sp³-hybridized carbons (Fsp3) is 0.154. The van der Waals surface area contributed by atoms with Crippen molar-refractivity contribution in [2.45, 2.75) is 6.42 Å². The average Bonchev–Trinajstić information content (AvgIpc) is 2.42. The number of aliphatic carboxylic acids is 3. The molecule has 0 bridgehead atoms. The lowest BCUT2D eigenvalue weighted by molar-refractivity contribution is -0.384. The molecule has 0 radical (unpaired) electrons. The van der Waals surface area contributed by atoms with Gasteiger partial charge >= 0.3 is 17.9 Å². The number of nitro benzene ring substituents is 1. The topological polar surface area (TPSA) is 155 Å². The molecule has 9 nitrogen and oxygen atoms in total. The third kappa shape index (κ3) is 3.26. The largest absolute Gasteiger partial charge is 0.480 e. The Balaban J connectivity index is 2.98. The van der Waals surface area contributed by atoms with E-state index in [1.54, 1.807) is 0 Å². The highest BCUT2D eigenvalue weighted by Gasteiger charge is 2.53. The van der Waals surface area contributed by atoms with Gasteiger partial charge in [-0.2, -0.15) is 0 Å². The van der Waals surface area contributed by atoms with Crippen LogP contribution in [0.15, 0.2) is 30.3 Å². The lowest BCUT2D eigenvalue weighted by Gasteiger charge is -2.17. The Morgan fingerprint density at radius 2 is 1.50 bits per heavy atom. The van der Waals surface area contributed by atoms with Crippen LogP contribution in [0.4, 0.5) is 5.69 Å². The van der Waals surface area contributed by atoms with E-state index in [4.69, 9.17) is 15.3 Å². The van der Waals surface area contributed by atoms with Gasteiger partial charge in [-0.25, -0.2) is 0 Å². The van der Waals surface area contributed by atoms with E-state index in [-0.39, 0.29) is 5.69 Å². The first-order valence-electron chi connectivity index (χ1n) is 5.83. The second-order valence-corrected chi connectivity index (χ2v) is 4.28. The van der Waals surface area contributed by atoms with Crippen LogP contribution in [0.25, 0.3) is 6.08 Å². The van der Waals surface area contributed by atoms with Crippen molar-refractivity contribution in [3.8, 4) is 0 Å². The Morgan fingerprint density at radius 1 is 1.05 bits per heavy atom. The van der Waals surface area contributed by atoms with Crippen molar-refractivity contribution in [3.05, 3.63) is 46.0 Å². The maximum atomic E-state index is 11.0. The highest BCUT2D eigenvalue weighted by molar-refractivity contribution is 6.16. The molecule has 0 spiro atoms. The van der Waals surface area contributed by atoms with E-state index in [1.165, 1.54) is 30.3 Å². The van der Waals surface area contributed by atoms with Crippen molar-refractivity contribution in [2.75, 3.05) is 0 Å². The number of non-ortho nitro benzene ring substituents is 1. The van der Waals surface area contributed by atoms with E-state index in [0.717, 1.165) is 6.08 Å². The molecule has 1 rings (SSSR count). The Morgan fingerprint density at radius 3 is 1.86 bits per heavy atom.